The molecule has 1 aromatic carbocycles. The maximum Gasteiger partial charge on any atom is 0.257 e. The van der Waals surface area contributed by atoms with E-state index in [1.165, 1.54) is 0 Å². The number of amides is 1. The number of carbonyl (C=O) groups excluding carboxylic acids is 1. The lowest BCUT2D eigenvalue weighted by Gasteiger charge is -2.29. The lowest BCUT2D eigenvalue weighted by Crippen LogP contribution is -2.40. The topological polar surface area (TPSA) is 96.2 Å². The van der Waals surface area contributed by atoms with E-state index in [0.29, 0.717) is 33.6 Å². The largest absolute Gasteiger partial charge is 0.363 e. The van der Waals surface area contributed by atoms with Crippen LogP contribution in [0.25, 0.3) is 11.3 Å². The Hall–Kier alpha value is -3.13. The fourth-order valence-electron chi connectivity index (χ4n) is 3.97. The van der Waals surface area contributed by atoms with Gasteiger partial charge in [-0.3, -0.25) is 4.79 Å². The van der Waals surface area contributed by atoms with Gasteiger partial charge in [-0.25, -0.2) is 4.98 Å². The first kappa shape index (κ1) is 22.1. The van der Waals surface area contributed by atoms with E-state index in [2.05, 4.69) is 25.8 Å². The van der Waals surface area contributed by atoms with Gasteiger partial charge in [-0.15, -0.1) is 0 Å². The van der Waals surface area contributed by atoms with Crippen molar-refractivity contribution >= 4 is 29.3 Å². The number of anilines is 2. The zero-order valence-corrected chi connectivity index (χ0v) is 19.2. The molecule has 0 bridgehead atoms. The van der Waals surface area contributed by atoms with Crippen LogP contribution in [-0.2, 0) is 0 Å². The molecule has 1 aliphatic rings. The van der Waals surface area contributed by atoms with E-state index < -0.39 is 0 Å². The van der Waals surface area contributed by atoms with Crippen LogP contribution in [0.5, 0.6) is 0 Å². The van der Waals surface area contributed by atoms with Gasteiger partial charge in [0.15, 0.2) is 0 Å². The van der Waals surface area contributed by atoms with E-state index in [-0.39, 0.29) is 18.0 Å². The number of hydrogen-bond acceptors (Lipinski definition) is 7. The first-order valence-corrected chi connectivity index (χ1v) is 11.1. The Bertz CT molecular complexity index is 1090. The van der Waals surface area contributed by atoms with Gasteiger partial charge < -0.3 is 20.1 Å². The van der Waals surface area contributed by atoms with Crippen LogP contribution in [0.2, 0.25) is 5.02 Å². The molecule has 1 saturated carbocycles. The van der Waals surface area contributed by atoms with Crippen LogP contribution in [0.1, 0.15) is 41.8 Å². The Labute approximate surface area is 192 Å². The summed E-state index contributed by atoms with van der Waals surface area (Å²) in [6, 6.07) is 9.54. The average Bonchev–Trinajstić information content (AvgIpc) is 3.17. The van der Waals surface area contributed by atoms with Crippen molar-refractivity contribution in [3.05, 3.63) is 52.9 Å². The highest BCUT2D eigenvalue weighted by Crippen LogP contribution is 2.31. The van der Waals surface area contributed by atoms with Gasteiger partial charge in [-0.05, 0) is 44.7 Å². The van der Waals surface area contributed by atoms with E-state index in [0.717, 1.165) is 31.5 Å². The highest BCUT2D eigenvalue weighted by Gasteiger charge is 2.27. The molecule has 1 amide bonds. The smallest absolute Gasteiger partial charge is 0.257 e. The summed E-state index contributed by atoms with van der Waals surface area (Å²) in [6.45, 7) is 1.74. The number of aromatic nitrogens is 3. The number of nitrogens with one attached hydrogen (secondary N) is 2. The third kappa shape index (κ3) is 4.85. The van der Waals surface area contributed by atoms with Crippen LogP contribution in [0.15, 0.2) is 41.1 Å². The molecule has 168 valence electrons. The minimum Gasteiger partial charge on any atom is -0.363 e. The van der Waals surface area contributed by atoms with Crippen LogP contribution in [0, 0.1) is 6.92 Å². The summed E-state index contributed by atoms with van der Waals surface area (Å²) in [5.41, 5.74) is 1.59. The standard InChI is InChI=1S/C23H27ClN6O2/c1-14-20(21(29-32-14)17-6-4-5-7-18(17)24)22(31)26-15-8-10-16(11-9-15)27-23-25-13-12-19(28-23)30(2)3/h4-7,12-13,15-16H,8-11H2,1-3H3,(H,26,31)(H,25,27,28)/t15-,16+. The number of rotatable bonds is 6. The average molecular weight is 455 g/mol. The second kappa shape index (κ2) is 9.56. The van der Waals surface area contributed by atoms with Crippen molar-refractivity contribution in [2.24, 2.45) is 0 Å². The normalized spacial score (nSPS) is 18.2. The summed E-state index contributed by atoms with van der Waals surface area (Å²) < 4.78 is 5.33. The summed E-state index contributed by atoms with van der Waals surface area (Å²) in [5, 5.41) is 11.2. The predicted octanol–water partition coefficient (Wildman–Crippen LogP) is 4.31. The zero-order chi connectivity index (χ0) is 22.7. The maximum absolute atomic E-state index is 13.1. The van der Waals surface area contributed by atoms with Gasteiger partial charge in [-0.2, -0.15) is 4.98 Å². The van der Waals surface area contributed by atoms with Gasteiger partial charge in [0.05, 0.1) is 5.02 Å². The highest BCUT2D eigenvalue weighted by atomic mass is 35.5. The van der Waals surface area contributed by atoms with Crippen molar-refractivity contribution in [1.82, 2.24) is 20.4 Å². The third-order valence-electron chi connectivity index (χ3n) is 5.71. The number of nitrogens with zero attached hydrogens (tertiary/aromatic N) is 4. The summed E-state index contributed by atoms with van der Waals surface area (Å²) in [4.78, 5) is 23.9. The molecule has 8 nitrogen and oxygen atoms in total. The van der Waals surface area contributed by atoms with Crippen molar-refractivity contribution in [2.45, 2.75) is 44.7 Å². The fourth-order valence-corrected chi connectivity index (χ4v) is 4.19. The Balaban J connectivity index is 1.37. The number of halogens is 1. The van der Waals surface area contributed by atoms with E-state index in [1.54, 1.807) is 19.2 Å². The van der Waals surface area contributed by atoms with Crippen molar-refractivity contribution in [1.29, 1.82) is 0 Å². The summed E-state index contributed by atoms with van der Waals surface area (Å²) in [5.74, 6) is 1.79. The second-order valence-corrected chi connectivity index (χ2v) is 8.65. The Morgan fingerprint density at radius 2 is 1.84 bits per heavy atom. The minimum absolute atomic E-state index is 0.0861. The molecule has 3 aromatic rings. The quantitative estimate of drug-likeness (QED) is 0.572. The molecule has 2 N–H and O–H groups in total. The molecule has 32 heavy (non-hydrogen) atoms. The summed E-state index contributed by atoms with van der Waals surface area (Å²) in [6.07, 6.45) is 5.32. The molecule has 2 heterocycles. The van der Waals surface area contributed by atoms with Crippen molar-refractivity contribution in [3.63, 3.8) is 0 Å². The number of hydrogen-bond donors (Lipinski definition) is 2. The third-order valence-corrected chi connectivity index (χ3v) is 6.04. The van der Waals surface area contributed by atoms with Crippen LogP contribution >= 0.6 is 11.6 Å². The van der Waals surface area contributed by atoms with Gasteiger partial charge >= 0.3 is 0 Å². The van der Waals surface area contributed by atoms with Crippen LogP contribution < -0.4 is 15.5 Å². The predicted molar refractivity (Wildman–Crippen MR) is 125 cm³/mol. The van der Waals surface area contributed by atoms with Gasteiger partial charge in [0.25, 0.3) is 5.91 Å². The molecule has 0 radical (unpaired) electrons. The van der Waals surface area contributed by atoms with Gasteiger partial charge in [0, 0.05) is 37.9 Å². The molecular weight excluding hydrogens is 428 g/mol. The zero-order valence-electron chi connectivity index (χ0n) is 18.4. The Morgan fingerprint density at radius 1 is 1.12 bits per heavy atom. The fraction of sp³-hybridized carbons (Fsp3) is 0.391. The number of benzene rings is 1. The van der Waals surface area contributed by atoms with Crippen LogP contribution in [0.4, 0.5) is 11.8 Å². The molecule has 0 spiro atoms. The molecule has 1 aliphatic carbocycles. The lowest BCUT2D eigenvalue weighted by molar-refractivity contribution is 0.0925. The Morgan fingerprint density at radius 3 is 2.56 bits per heavy atom. The van der Waals surface area contributed by atoms with E-state index in [9.17, 15) is 4.79 Å². The molecule has 1 fully saturated rings. The van der Waals surface area contributed by atoms with E-state index in [1.807, 2.05) is 43.3 Å². The molecule has 0 saturated heterocycles. The molecular formula is C23H27ClN6O2. The number of aryl methyl sites for hydroxylation is 1. The molecule has 0 unspecified atom stereocenters. The van der Waals surface area contributed by atoms with Crippen molar-refractivity contribution in [3.8, 4) is 11.3 Å². The van der Waals surface area contributed by atoms with Crippen LogP contribution in [-0.4, -0.2) is 47.2 Å². The monoisotopic (exact) mass is 454 g/mol. The maximum atomic E-state index is 13.1. The molecule has 2 aromatic heterocycles. The van der Waals surface area contributed by atoms with Gasteiger partial charge in [-0.1, -0.05) is 35.0 Å². The van der Waals surface area contributed by atoms with Crippen molar-refractivity contribution in [2.75, 3.05) is 24.3 Å². The summed E-state index contributed by atoms with van der Waals surface area (Å²) in [7, 11) is 3.91. The first-order valence-electron chi connectivity index (χ1n) is 10.7. The SMILES string of the molecule is Cc1onc(-c2ccccc2Cl)c1C(=O)N[C@H]1CC[C@@H](Nc2nccc(N(C)C)n2)CC1. The molecule has 4 rings (SSSR count). The van der Waals surface area contributed by atoms with E-state index in [4.69, 9.17) is 16.1 Å². The minimum atomic E-state index is -0.183. The lowest BCUT2D eigenvalue weighted by atomic mass is 9.91. The second-order valence-electron chi connectivity index (χ2n) is 8.24. The van der Waals surface area contributed by atoms with Crippen molar-refractivity contribution < 1.29 is 9.32 Å². The summed E-state index contributed by atoms with van der Waals surface area (Å²) >= 11 is 6.31. The molecule has 0 atom stereocenters. The highest BCUT2D eigenvalue weighted by molar-refractivity contribution is 6.33. The Kier molecular flexibility index (Phi) is 6.60. The molecule has 9 heteroatoms. The van der Waals surface area contributed by atoms with Crippen LogP contribution in [0.3, 0.4) is 0 Å². The molecule has 0 aliphatic heterocycles. The van der Waals surface area contributed by atoms with Gasteiger partial charge in [0.1, 0.15) is 22.8 Å². The van der Waals surface area contributed by atoms with E-state index >= 15 is 0 Å². The van der Waals surface area contributed by atoms with Gasteiger partial charge in [0.2, 0.25) is 5.95 Å². The first-order chi connectivity index (χ1) is 15.4. The number of carbonyl (C=O) groups is 1.